The molecule has 2 atom stereocenters. The lowest BCUT2D eigenvalue weighted by atomic mass is 10.1. The second-order valence-electron chi connectivity index (χ2n) is 5.88. The van der Waals surface area contributed by atoms with Crippen LogP contribution in [0.5, 0.6) is 0 Å². The van der Waals surface area contributed by atoms with E-state index in [4.69, 9.17) is 0 Å². The maximum atomic E-state index is 13.0. The fraction of sp³-hybridized carbons (Fsp3) is 0.571. The summed E-state index contributed by atoms with van der Waals surface area (Å²) >= 11 is 0. The molecule has 0 amide bonds. The van der Waals surface area contributed by atoms with Gasteiger partial charge >= 0.3 is 0 Å². The first-order valence-electron chi connectivity index (χ1n) is 7.15. The van der Waals surface area contributed by atoms with Crippen molar-refractivity contribution in [1.82, 2.24) is 9.62 Å². The first-order chi connectivity index (χ1) is 10.1. The van der Waals surface area contributed by atoms with Gasteiger partial charge in [-0.2, -0.15) is 4.31 Å². The van der Waals surface area contributed by atoms with Crippen molar-refractivity contribution in [3.05, 3.63) is 33.4 Å². The summed E-state index contributed by atoms with van der Waals surface area (Å²) < 4.78 is 27.4. The first kappa shape index (κ1) is 16.9. The van der Waals surface area contributed by atoms with Crippen molar-refractivity contribution < 1.29 is 13.3 Å². The van der Waals surface area contributed by atoms with Gasteiger partial charge in [-0.1, -0.05) is 0 Å². The van der Waals surface area contributed by atoms with E-state index in [9.17, 15) is 18.5 Å². The van der Waals surface area contributed by atoms with Gasteiger partial charge in [0.15, 0.2) is 0 Å². The van der Waals surface area contributed by atoms with E-state index in [1.807, 2.05) is 13.8 Å². The van der Waals surface area contributed by atoms with E-state index < -0.39 is 14.9 Å². The minimum Gasteiger partial charge on any atom is -0.311 e. The molecule has 0 aliphatic carbocycles. The summed E-state index contributed by atoms with van der Waals surface area (Å²) in [6, 6.07) is 2.42. The lowest BCUT2D eigenvalue weighted by Gasteiger charge is -2.36. The predicted molar refractivity (Wildman–Crippen MR) is 83.4 cm³/mol. The number of benzene rings is 1. The molecule has 2 unspecified atom stereocenters. The van der Waals surface area contributed by atoms with Crippen LogP contribution < -0.4 is 5.32 Å². The van der Waals surface area contributed by atoms with Crippen molar-refractivity contribution in [2.45, 2.75) is 44.7 Å². The summed E-state index contributed by atoms with van der Waals surface area (Å²) in [6.45, 7) is 8.03. The number of hydrogen-bond acceptors (Lipinski definition) is 5. The van der Waals surface area contributed by atoms with Crippen LogP contribution >= 0.6 is 0 Å². The highest BCUT2D eigenvalue weighted by molar-refractivity contribution is 7.89. The van der Waals surface area contributed by atoms with Crippen LogP contribution in [0, 0.1) is 24.0 Å². The molecule has 122 valence electrons. The maximum absolute atomic E-state index is 13.0. The zero-order valence-electron chi connectivity index (χ0n) is 13.2. The topological polar surface area (TPSA) is 92.5 Å². The quantitative estimate of drug-likeness (QED) is 0.672. The number of hydrogen-bond donors (Lipinski definition) is 1. The fourth-order valence-electron chi connectivity index (χ4n) is 2.63. The third kappa shape index (κ3) is 2.99. The van der Waals surface area contributed by atoms with E-state index in [2.05, 4.69) is 5.32 Å². The molecule has 1 aliphatic heterocycles. The van der Waals surface area contributed by atoms with Crippen LogP contribution in [0.15, 0.2) is 17.0 Å². The Hall–Kier alpha value is -1.51. The molecular weight excluding hydrogens is 306 g/mol. The summed E-state index contributed by atoms with van der Waals surface area (Å²) in [5.74, 6) is 0. The maximum Gasteiger partial charge on any atom is 0.271 e. The molecule has 1 aromatic rings. The molecule has 0 bridgehead atoms. The number of nitrogens with zero attached hydrogens (tertiary/aromatic N) is 2. The summed E-state index contributed by atoms with van der Waals surface area (Å²) in [4.78, 5) is 10.5. The summed E-state index contributed by atoms with van der Waals surface area (Å²) in [5.41, 5.74) is 0.963. The van der Waals surface area contributed by atoms with Gasteiger partial charge in [0.25, 0.3) is 5.69 Å². The number of nitro benzene ring substituents is 1. The summed E-state index contributed by atoms with van der Waals surface area (Å²) in [7, 11) is -3.76. The van der Waals surface area contributed by atoms with E-state index in [-0.39, 0.29) is 22.7 Å². The Morgan fingerprint density at radius 2 is 1.95 bits per heavy atom. The van der Waals surface area contributed by atoms with Crippen LogP contribution in [0.3, 0.4) is 0 Å². The molecule has 1 heterocycles. The zero-order chi connectivity index (χ0) is 16.7. The highest BCUT2D eigenvalue weighted by Gasteiger charge is 2.35. The van der Waals surface area contributed by atoms with E-state index >= 15 is 0 Å². The molecule has 0 spiro atoms. The third-order valence-corrected chi connectivity index (χ3v) is 6.22. The Morgan fingerprint density at radius 3 is 2.55 bits per heavy atom. The molecule has 7 nitrogen and oxygen atoms in total. The highest BCUT2D eigenvalue weighted by atomic mass is 32.2. The molecule has 0 aromatic heterocycles. The summed E-state index contributed by atoms with van der Waals surface area (Å²) in [5, 5.41) is 14.2. The lowest BCUT2D eigenvalue weighted by molar-refractivity contribution is -0.385. The molecule has 22 heavy (non-hydrogen) atoms. The van der Waals surface area contributed by atoms with E-state index in [1.54, 1.807) is 13.8 Å². The van der Waals surface area contributed by atoms with Crippen LogP contribution in [0.4, 0.5) is 5.69 Å². The molecule has 1 N–H and O–H groups in total. The fourth-order valence-corrected chi connectivity index (χ4v) is 4.67. The van der Waals surface area contributed by atoms with Gasteiger partial charge in [-0.25, -0.2) is 8.42 Å². The minimum atomic E-state index is -3.76. The van der Waals surface area contributed by atoms with Crippen molar-refractivity contribution in [1.29, 1.82) is 0 Å². The number of nitrogens with one attached hydrogen (secondary N) is 1. The van der Waals surface area contributed by atoms with Crippen LogP contribution in [0.1, 0.15) is 25.0 Å². The van der Waals surface area contributed by atoms with E-state index in [1.165, 1.54) is 10.4 Å². The van der Waals surface area contributed by atoms with Gasteiger partial charge in [0, 0.05) is 37.3 Å². The predicted octanol–water partition coefficient (Wildman–Crippen LogP) is 1.58. The SMILES string of the molecule is Cc1cc([N+](=O)[O-])cc(S(=O)(=O)N2CC(C)NCC2C)c1C. The first-order valence-corrected chi connectivity index (χ1v) is 8.59. The summed E-state index contributed by atoms with van der Waals surface area (Å²) in [6.07, 6.45) is 0. The molecule has 0 radical (unpaired) electrons. The minimum absolute atomic E-state index is 0.0279. The average Bonchev–Trinajstić information content (AvgIpc) is 2.43. The molecule has 1 aliphatic rings. The number of aryl methyl sites for hydroxylation is 1. The normalized spacial score (nSPS) is 23.5. The monoisotopic (exact) mass is 327 g/mol. The molecule has 1 saturated heterocycles. The van der Waals surface area contributed by atoms with Crippen molar-refractivity contribution in [3.8, 4) is 0 Å². The van der Waals surface area contributed by atoms with Gasteiger partial charge in [-0.15, -0.1) is 0 Å². The zero-order valence-corrected chi connectivity index (χ0v) is 14.0. The standard InChI is InChI=1S/C14H21N3O4S/c1-9-5-13(17(18)19)6-14(12(9)4)22(20,21)16-8-10(2)15-7-11(16)3/h5-6,10-11,15H,7-8H2,1-4H3. The Balaban J connectivity index is 2.55. The van der Waals surface area contributed by atoms with Crippen molar-refractivity contribution >= 4 is 15.7 Å². The largest absolute Gasteiger partial charge is 0.311 e. The van der Waals surface area contributed by atoms with Crippen LogP contribution in [-0.4, -0.2) is 42.8 Å². The van der Waals surface area contributed by atoms with Gasteiger partial charge in [0.1, 0.15) is 0 Å². The Morgan fingerprint density at radius 1 is 1.32 bits per heavy atom. The van der Waals surface area contributed by atoms with Gasteiger partial charge in [0.2, 0.25) is 10.0 Å². The average molecular weight is 327 g/mol. The van der Waals surface area contributed by atoms with E-state index in [0.717, 1.165) is 6.07 Å². The van der Waals surface area contributed by atoms with Crippen LogP contribution in [0.2, 0.25) is 0 Å². The lowest BCUT2D eigenvalue weighted by Crippen LogP contribution is -2.56. The van der Waals surface area contributed by atoms with Gasteiger partial charge in [-0.05, 0) is 38.8 Å². The Kier molecular flexibility index (Phi) is 4.55. The number of rotatable bonds is 3. The highest BCUT2D eigenvalue weighted by Crippen LogP contribution is 2.29. The second-order valence-corrected chi connectivity index (χ2v) is 7.73. The van der Waals surface area contributed by atoms with Crippen LogP contribution in [0.25, 0.3) is 0 Å². The molecule has 8 heteroatoms. The Bertz CT molecular complexity index is 702. The third-order valence-electron chi connectivity index (χ3n) is 4.11. The van der Waals surface area contributed by atoms with Gasteiger partial charge in [0.05, 0.1) is 9.82 Å². The Labute approximate surface area is 130 Å². The molecule has 0 saturated carbocycles. The van der Waals surface area contributed by atoms with Crippen molar-refractivity contribution in [2.75, 3.05) is 13.1 Å². The molecule has 1 aromatic carbocycles. The number of non-ortho nitro benzene ring substituents is 1. The smallest absolute Gasteiger partial charge is 0.271 e. The molecular formula is C14H21N3O4S. The van der Waals surface area contributed by atoms with Crippen molar-refractivity contribution in [2.24, 2.45) is 0 Å². The molecule has 2 rings (SSSR count). The number of piperazine rings is 1. The van der Waals surface area contributed by atoms with Crippen LogP contribution in [-0.2, 0) is 10.0 Å². The van der Waals surface area contributed by atoms with E-state index in [0.29, 0.717) is 24.2 Å². The van der Waals surface area contributed by atoms with Gasteiger partial charge < -0.3 is 5.32 Å². The number of sulfonamides is 1. The van der Waals surface area contributed by atoms with Gasteiger partial charge in [-0.3, -0.25) is 10.1 Å². The van der Waals surface area contributed by atoms with Crippen molar-refractivity contribution in [3.63, 3.8) is 0 Å². The molecule has 1 fully saturated rings. The second kappa shape index (κ2) is 5.94. The number of nitro groups is 1.